The summed E-state index contributed by atoms with van der Waals surface area (Å²) in [6, 6.07) is 18.5. The summed E-state index contributed by atoms with van der Waals surface area (Å²) in [5.74, 6) is -1.38. The van der Waals surface area contributed by atoms with Crippen molar-refractivity contribution in [3.63, 3.8) is 0 Å². The van der Waals surface area contributed by atoms with Crippen LogP contribution in [0, 0.1) is 5.92 Å². The minimum atomic E-state index is -0.579. The maximum atomic E-state index is 13.3. The second-order valence-electron chi connectivity index (χ2n) is 9.57. The minimum Gasteiger partial charge on any atom is -0.463 e. The molecule has 0 saturated carbocycles. The molecule has 2 aromatic rings. The molecule has 0 aromatic heterocycles. The van der Waals surface area contributed by atoms with Crippen molar-refractivity contribution in [2.45, 2.75) is 63.5 Å². The van der Waals surface area contributed by atoms with Crippen LogP contribution in [0.5, 0.6) is 0 Å². The van der Waals surface area contributed by atoms with Gasteiger partial charge in [-0.25, -0.2) is 0 Å². The number of esters is 1. The highest BCUT2D eigenvalue weighted by Gasteiger charge is 2.25. The molecule has 0 saturated heterocycles. The molecule has 0 radical (unpaired) electrons. The standard InChI is InChI=1S/C30H38N2O5/c33-21-26(18-23-12-6-4-7-13-23)31-28(34)20-25-16-10-2-1-3-11-17-29(35)37-22-27(32-30(25)36)19-24-14-8-5-9-15-24/h2,4-10,12-15,25-27,33H,1,3,11,16-22H2,(H,31,34)(H,32,36)/t25-,26+,27+/m1/s1. The van der Waals surface area contributed by atoms with E-state index in [1.807, 2.05) is 72.8 Å². The van der Waals surface area contributed by atoms with Gasteiger partial charge in [0.1, 0.15) is 6.61 Å². The number of hydrogen-bond acceptors (Lipinski definition) is 5. The predicted molar refractivity (Wildman–Crippen MR) is 143 cm³/mol. The van der Waals surface area contributed by atoms with Crippen LogP contribution in [0.25, 0.3) is 0 Å². The molecule has 3 rings (SSSR count). The Morgan fingerprint density at radius 3 is 2.41 bits per heavy atom. The maximum Gasteiger partial charge on any atom is 0.305 e. The fourth-order valence-electron chi connectivity index (χ4n) is 4.40. The molecule has 2 aromatic carbocycles. The van der Waals surface area contributed by atoms with E-state index in [1.54, 1.807) is 0 Å². The number of aliphatic hydroxyl groups excluding tert-OH is 1. The molecule has 0 aliphatic carbocycles. The summed E-state index contributed by atoms with van der Waals surface area (Å²) < 4.78 is 5.48. The van der Waals surface area contributed by atoms with Crippen LogP contribution < -0.4 is 10.6 Å². The van der Waals surface area contributed by atoms with Gasteiger partial charge in [-0.2, -0.15) is 0 Å². The summed E-state index contributed by atoms with van der Waals surface area (Å²) in [6.07, 6.45) is 8.15. The van der Waals surface area contributed by atoms with Crippen LogP contribution >= 0.6 is 0 Å². The molecule has 0 unspecified atom stereocenters. The molecule has 0 spiro atoms. The lowest BCUT2D eigenvalue weighted by Gasteiger charge is -2.23. The third-order valence-electron chi connectivity index (χ3n) is 6.42. The zero-order chi connectivity index (χ0) is 26.3. The topological polar surface area (TPSA) is 105 Å². The Hall–Kier alpha value is -3.45. The molecule has 1 aliphatic rings. The lowest BCUT2D eigenvalue weighted by atomic mass is 9.97. The Kier molecular flexibility index (Phi) is 11.9. The number of carbonyl (C=O) groups excluding carboxylic acids is 3. The van der Waals surface area contributed by atoms with E-state index in [0.29, 0.717) is 25.7 Å². The second-order valence-corrected chi connectivity index (χ2v) is 9.57. The molecule has 0 fully saturated rings. The van der Waals surface area contributed by atoms with E-state index in [0.717, 1.165) is 30.4 Å². The number of amides is 2. The Morgan fingerprint density at radius 2 is 1.70 bits per heavy atom. The number of carbonyl (C=O) groups is 3. The average molecular weight is 507 g/mol. The van der Waals surface area contributed by atoms with Crippen LogP contribution in [0.15, 0.2) is 72.8 Å². The zero-order valence-corrected chi connectivity index (χ0v) is 21.3. The van der Waals surface area contributed by atoms with Gasteiger partial charge in [0.2, 0.25) is 11.8 Å². The van der Waals surface area contributed by atoms with Gasteiger partial charge < -0.3 is 20.5 Å². The van der Waals surface area contributed by atoms with Crippen molar-refractivity contribution in [3.8, 4) is 0 Å². The first kappa shape index (κ1) is 28.1. The number of hydrogen-bond donors (Lipinski definition) is 3. The highest BCUT2D eigenvalue weighted by molar-refractivity contribution is 5.86. The molecule has 37 heavy (non-hydrogen) atoms. The smallest absolute Gasteiger partial charge is 0.305 e. The largest absolute Gasteiger partial charge is 0.463 e. The normalized spacial score (nSPS) is 20.2. The highest BCUT2D eigenvalue weighted by Crippen LogP contribution is 2.15. The molecule has 7 heteroatoms. The number of aliphatic hydroxyl groups is 1. The van der Waals surface area contributed by atoms with Crippen molar-refractivity contribution in [1.82, 2.24) is 10.6 Å². The zero-order valence-electron chi connectivity index (χ0n) is 21.3. The van der Waals surface area contributed by atoms with E-state index < -0.39 is 18.0 Å². The molecule has 2 amide bonds. The molecule has 3 N–H and O–H groups in total. The van der Waals surface area contributed by atoms with E-state index in [-0.39, 0.29) is 37.4 Å². The van der Waals surface area contributed by atoms with Crippen molar-refractivity contribution in [2.75, 3.05) is 13.2 Å². The van der Waals surface area contributed by atoms with Gasteiger partial charge in [0.05, 0.1) is 24.6 Å². The third kappa shape index (κ3) is 10.6. The van der Waals surface area contributed by atoms with Gasteiger partial charge in [-0.1, -0.05) is 72.8 Å². The molecule has 1 heterocycles. The first-order valence-corrected chi connectivity index (χ1v) is 13.1. The molecule has 198 valence electrons. The Morgan fingerprint density at radius 1 is 1.00 bits per heavy atom. The Bertz CT molecular complexity index is 1010. The number of benzene rings is 2. The Balaban J connectivity index is 1.68. The first-order valence-electron chi connectivity index (χ1n) is 13.1. The monoisotopic (exact) mass is 506 g/mol. The van der Waals surface area contributed by atoms with E-state index in [9.17, 15) is 19.5 Å². The number of allylic oxidation sites excluding steroid dienone is 2. The number of nitrogens with one attached hydrogen (secondary N) is 2. The van der Waals surface area contributed by atoms with Gasteiger partial charge in [-0.3, -0.25) is 14.4 Å². The van der Waals surface area contributed by atoms with Crippen molar-refractivity contribution >= 4 is 17.8 Å². The summed E-state index contributed by atoms with van der Waals surface area (Å²) in [4.78, 5) is 38.4. The molecular weight excluding hydrogens is 468 g/mol. The lowest BCUT2D eigenvalue weighted by molar-refractivity contribution is -0.145. The summed E-state index contributed by atoms with van der Waals surface area (Å²) in [5, 5.41) is 15.7. The van der Waals surface area contributed by atoms with Gasteiger partial charge >= 0.3 is 5.97 Å². The van der Waals surface area contributed by atoms with Gasteiger partial charge in [0.15, 0.2) is 0 Å². The molecule has 3 atom stereocenters. The molecule has 1 aliphatic heterocycles. The Labute approximate surface area is 219 Å². The van der Waals surface area contributed by atoms with Crippen LogP contribution in [0.1, 0.15) is 49.7 Å². The minimum absolute atomic E-state index is 0.000687. The number of rotatable bonds is 8. The summed E-state index contributed by atoms with van der Waals surface area (Å²) in [7, 11) is 0. The van der Waals surface area contributed by atoms with Gasteiger partial charge in [-0.05, 0) is 49.7 Å². The second kappa shape index (κ2) is 15.6. The van der Waals surface area contributed by atoms with Crippen molar-refractivity contribution in [1.29, 1.82) is 0 Å². The summed E-state index contributed by atoms with van der Waals surface area (Å²) in [6.45, 7) is -0.111. The molecular formula is C30H38N2O5. The number of cyclic esters (lactones) is 1. The van der Waals surface area contributed by atoms with Gasteiger partial charge in [0.25, 0.3) is 0 Å². The fraction of sp³-hybridized carbons (Fsp3) is 0.433. The maximum absolute atomic E-state index is 13.3. The van der Waals surface area contributed by atoms with Crippen LogP contribution in [0.2, 0.25) is 0 Å². The van der Waals surface area contributed by atoms with Crippen molar-refractivity contribution < 1.29 is 24.2 Å². The van der Waals surface area contributed by atoms with Gasteiger partial charge in [0, 0.05) is 12.8 Å². The van der Waals surface area contributed by atoms with E-state index in [4.69, 9.17) is 4.74 Å². The predicted octanol–water partition coefficient (Wildman–Crippen LogP) is 3.50. The average Bonchev–Trinajstić information content (AvgIpc) is 2.90. The van der Waals surface area contributed by atoms with Crippen molar-refractivity contribution in [2.24, 2.45) is 5.92 Å². The SMILES string of the molecule is O=C(C[C@H]1CC=CCCCCC(=O)OC[C@H](Cc2ccccc2)NC1=O)N[C@H](CO)Cc1ccccc1. The van der Waals surface area contributed by atoms with Crippen LogP contribution in [-0.2, 0) is 32.0 Å². The summed E-state index contributed by atoms with van der Waals surface area (Å²) >= 11 is 0. The first-order chi connectivity index (χ1) is 18.0. The van der Waals surface area contributed by atoms with Crippen LogP contribution in [0.4, 0.5) is 0 Å². The highest BCUT2D eigenvalue weighted by atomic mass is 16.5. The quantitative estimate of drug-likeness (QED) is 0.376. The lowest BCUT2D eigenvalue weighted by Crippen LogP contribution is -2.45. The fourth-order valence-corrected chi connectivity index (χ4v) is 4.40. The van der Waals surface area contributed by atoms with Crippen molar-refractivity contribution in [3.05, 3.63) is 83.9 Å². The molecule has 0 bridgehead atoms. The van der Waals surface area contributed by atoms with Crippen LogP contribution in [0.3, 0.4) is 0 Å². The molecule has 7 nitrogen and oxygen atoms in total. The summed E-state index contributed by atoms with van der Waals surface area (Å²) in [5.41, 5.74) is 2.03. The van der Waals surface area contributed by atoms with Crippen LogP contribution in [-0.4, -0.2) is 48.2 Å². The van der Waals surface area contributed by atoms with E-state index in [2.05, 4.69) is 10.6 Å². The number of ether oxygens (including phenoxy) is 1. The van der Waals surface area contributed by atoms with E-state index in [1.165, 1.54) is 0 Å². The van der Waals surface area contributed by atoms with E-state index >= 15 is 0 Å². The van der Waals surface area contributed by atoms with Gasteiger partial charge in [-0.15, -0.1) is 0 Å². The third-order valence-corrected chi connectivity index (χ3v) is 6.42.